The van der Waals surface area contributed by atoms with Crippen molar-refractivity contribution in [2.75, 3.05) is 11.9 Å². The fourth-order valence-corrected chi connectivity index (χ4v) is 4.54. The molecule has 1 amide bonds. The smallest absolute Gasteiger partial charge is 0.431 e. The minimum Gasteiger partial charge on any atom is -0.431 e. The number of aromatic amines is 1. The molecule has 2 aromatic heterocycles. The molecule has 4 atom stereocenters. The van der Waals surface area contributed by atoms with Crippen LogP contribution in [0.1, 0.15) is 55.1 Å². The van der Waals surface area contributed by atoms with Gasteiger partial charge < -0.3 is 19.3 Å². The maximum Gasteiger partial charge on any atom is 0.508 e. The van der Waals surface area contributed by atoms with Gasteiger partial charge in [-0.15, -0.1) is 0 Å². The van der Waals surface area contributed by atoms with Gasteiger partial charge in [-0.05, 0) is 43.9 Å². The summed E-state index contributed by atoms with van der Waals surface area (Å²) in [5.41, 5.74) is 0.0853. The Labute approximate surface area is 217 Å². The molecule has 0 spiro atoms. The lowest BCUT2D eigenvalue weighted by atomic mass is 10.0. The van der Waals surface area contributed by atoms with Crippen LogP contribution in [0.25, 0.3) is 11.2 Å². The third-order valence-corrected chi connectivity index (χ3v) is 6.54. The van der Waals surface area contributed by atoms with Gasteiger partial charge in [0.15, 0.2) is 11.2 Å². The highest BCUT2D eigenvalue weighted by molar-refractivity contribution is 6.03. The number of hydrogen-bond donors (Lipinski definition) is 3. The van der Waals surface area contributed by atoms with Gasteiger partial charge in [-0.2, -0.15) is 4.98 Å². The zero-order valence-corrected chi connectivity index (χ0v) is 20.6. The Hall–Kier alpha value is -4.03. The summed E-state index contributed by atoms with van der Waals surface area (Å²) in [6.45, 7) is -0.202. The molecule has 2 aliphatic rings. The van der Waals surface area contributed by atoms with E-state index < -0.39 is 36.1 Å². The number of ether oxygens (including phenoxy) is 3. The van der Waals surface area contributed by atoms with Gasteiger partial charge in [0.05, 0.1) is 12.4 Å². The molecule has 0 bridgehead atoms. The van der Waals surface area contributed by atoms with Crippen molar-refractivity contribution < 1.29 is 28.9 Å². The summed E-state index contributed by atoms with van der Waals surface area (Å²) in [4.78, 5) is 48.2. The third kappa shape index (κ3) is 5.92. The zero-order valence-electron chi connectivity index (χ0n) is 20.6. The van der Waals surface area contributed by atoms with Crippen molar-refractivity contribution in [3.05, 3.63) is 64.7 Å². The van der Waals surface area contributed by atoms with Gasteiger partial charge in [-0.1, -0.05) is 30.7 Å². The van der Waals surface area contributed by atoms with Gasteiger partial charge in [0.25, 0.3) is 11.5 Å². The van der Waals surface area contributed by atoms with Crippen LogP contribution in [-0.2, 0) is 14.2 Å². The van der Waals surface area contributed by atoms with E-state index in [1.807, 2.05) is 12.2 Å². The number of benzene rings is 1. The Morgan fingerprint density at radius 2 is 2.05 bits per heavy atom. The molecule has 12 heteroatoms. The Balaban J connectivity index is 1.23. The van der Waals surface area contributed by atoms with Crippen molar-refractivity contribution in [1.29, 1.82) is 0 Å². The molecule has 0 saturated carbocycles. The number of imidazole rings is 1. The molecule has 1 aromatic carbocycles. The maximum atomic E-state index is 12.6. The third-order valence-electron chi connectivity index (χ3n) is 6.54. The first kappa shape index (κ1) is 25.6. The molecule has 3 aromatic rings. The van der Waals surface area contributed by atoms with Crippen molar-refractivity contribution in [2.45, 2.75) is 63.1 Å². The first-order valence-electron chi connectivity index (χ1n) is 12.6. The number of aliphatic hydroxyl groups excluding tert-OH is 1. The van der Waals surface area contributed by atoms with E-state index in [-0.39, 0.29) is 36.2 Å². The molecule has 12 nitrogen and oxygen atoms in total. The number of nitrogens with zero attached hydrogens (tertiary/aromatic N) is 3. The molecule has 5 rings (SSSR count). The molecular weight excluding hydrogens is 494 g/mol. The fraction of sp³-hybridized carbons (Fsp3) is 0.423. The van der Waals surface area contributed by atoms with Gasteiger partial charge in [-0.3, -0.25) is 24.5 Å². The van der Waals surface area contributed by atoms with Crippen LogP contribution in [0.2, 0.25) is 0 Å². The van der Waals surface area contributed by atoms with Crippen LogP contribution in [0.4, 0.5) is 10.7 Å². The number of anilines is 1. The van der Waals surface area contributed by atoms with Crippen LogP contribution in [0.5, 0.6) is 0 Å². The number of amides is 1. The van der Waals surface area contributed by atoms with Gasteiger partial charge >= 0.3 is 6.16 Å². The van der Waals surface area contributed by atoms with Gasteiger partial charge in [0.1, 0.15) is 25.0 Å². The van der Waals surface area contributed by atoms with Crippen LogP contribution in [0, 0.1) is 0 Å². The molecule has 1 aliphatic heterocycles. The highest BCUT2D eigenvalue weighted by Gasteiger charge is 2.37. The molecule has 1 fully saturated rings. The van der Waals surface area contributed by atoms with E-state index in [1.54, 1.807) is 30.3 Å². The Bertz CT molecular complexity index is 1370. The minimum absolute atomic E-state index is 0.0522. The molecule has 200 valence electrons. The van der Waals surface area contributed by atoms with Gasteiger partial charge in [0, 0.05) is 12.0 Å². The second-order valence-corrected chi connectivity index (χ2v) is 9.27. The normalized spacial score (nSPS) is 24.3. The number of allylic oxidation sites excluding steroid dienone is 1. The summed E-state index contributed by atoms with van der Waals surface area (Å²) in [5.74, 6) is -0.492. The molecule has 1 saturated heterocycles. The first-order valence-corrected chi connectivity index (χ1v) is 12.6. The number of carbonyl (C=O) groups excluding carboxylic acids is 2. The minimum atomic E-state index is -0.939. The summed E-state index contributed by atoms with van der Waals surface area (Å²) in [6, 6.07) is 8.50. The van der Waals surface area contributed by atoms with Crippen LogP contribution >= 0.6 is 0 Å². The SMILES string of the molecule is O=C(OC[C@H]1O[C@@H](n2cnc3c(=O)[nH]c(NC(=O)c4ccccc4)nc32)C[C@@H]1O)OC1/C=C/CCCCC1. The van der Waals surface area contributed by atoms with Crippen molar-refractivity contribution in [3.63, 3.8) is 0 Å². The van der Waals surface area contributed by atoms with E-state index in [1.165, 1.54) is 10.9 Å². The lowest BCUT2D eigenvalue weighted by Gasteiger charge is -2.18. The lowest BCUT2D eigenvalue weighted by Crippen LogP contribution is -2.29. The van der Waals surface area contributed by atoms with Crippen LogP contribution < -0.4 is 10.9 Å². The van der Waals surface area contributed by atoms with Crippen molar-refractivity contribution >= 4 is 29.2 Å². The summed E-state index contributed by atoms with van der Waals surface area (Å²) in [6.07, 6.45) is 6.70. The molecule has 3 N–H and O–H groups in total. The van der Waals surface area contributed by atoms with E-state index in [4.69, 9.17) is 14.2 Å². The Morgan fingerprint density at radius 1 is 1.21 bits per heavy atom. The zero-order chi connectivity index (χ0) is 26.5. The van der Waals surface area contributed by atoms with Crippen LogP contribution in [-0.4, -0.2) is 61.6 Å². The standard InChI is InChI=1S/C26H29N5O7/c32-18-13-20(38-19(18)14-36-26(35)37-17-11-7-2-1-3-8-12-17)31-15-27-21-22(31)28-25(30-24(21)34)29-23(33)16-9-5-4-6-10-16/h4-7,9-11,15,17-20,32H,1-3,8,12-14H2,(H2,28,29,30,33,34)/b11-7+/t17?,18-,19+,20+/m0/s1. The fourth-order valence-electron chi connectivity index (χ4n) is 4.54. The lowest BCUT2D eigenvalue weighted by molar-refractivity contribution is -0.0595. The maximum absolute atomic E-state index is 12.6. The molecule has 1 unspecified atom stereocenters. The van der Waals surface area contributed by atoms with E-state index in [0.29, 0.717) is 5.56 Å². The predicted molar refractivity (Wildman–Crippen MR) is 136 cm³/mol. The van der Waals surface area contributed by atoms with Crippen LogP contribution in [0.15, 0.2) is 53.6 Å². The number of nitrogens with one attached hydrogen (secondary N) is 2. The van der Waals surface area contributed by atoms with Crippen molar-refractivity contribution in [2.24, 2.45) is 0 Å². The molecule has 1 aliphatic carbocycles. The summed E-state index contributed by atoms with van der Waals surface area (Å²) < 4.78 is 18.0. The monoisotopic (exact) mass is 523 g/mol. The highest BCUT2D eigenvalue weighted by Crippen LogP contribution is 2.31. The predicted octanol–water partition coefficient (Wildman–Crippen LogP) is 3.06. The summed E-state index contributed by atoms with van der Waals surface area (Å²) in [7, 11) is 0. The first-order chi connectivity index (χ1) is 18.5. The quantitative estimate of drug-likeness (QED) is 0.326. The number of aliphatic hydroxyl groups is 1. The number of rotatable bonds is 6. The molecule has 0 radical (unpaired) electrons. The largest absolute Gasteiger partial charge is 0.508 e. The number of aromatic nitrogens is 4. The second-order valence-electron chi connectivity index (χ2n) is 9.27. The van der Waals surface area contributed by atoms with E-state index in [0.717, 1.165) is 32.1 Å². The molecule has 3 heterocycles. The number of hydrogen-bond acceptors (Lipinski definition) is 9. The van der Waals surface area contributed by atoms with E-state index in [9.17, 15) is 19.5 Å². The van der Waals surface area contributed by atoms with Gasteiger partial charge in [0.2, 0.25) is 5.95 Å². The topological polar surface area (TPSA) is 158 Å². The Morgan fingerprint density at radius 3 is 2.89 bits per heavy atom. The second kappa shape index (κ2) is 11.6. The number of carbonyl (C=O) groups is 2. The molecular formula is C26H29N5O7. The van der Waals surface area contributed by atoms with Crippen molar-refractivity contribution in [3.8, 4) is 0 Å². The average Bonchev–Trinajstić information content (AvgIpc) is 3.48. The van der Waals surface area contributed by atoms with Crippen LogP contribution in [0.3, 0.4) is 0 Å². The summed E-state index contributed by atoms with van der Waals surface area (Å²) >= 11 is 0. The number of H-pyrrole nitrogens is 1. The average molecular weight is 524 g/mol. The Kier molecular flexibility index (Phi) is 7.80. The van der Waals surface area contributed by atoms with Crippen molar-refractivity contribution in [1.82, 2.24) is 19.5 Å². The summed E-state index contributed by atoms with van der Waals surface area (Å²) in [5, 5.41) is 13.1. The van der Waals surface area contributed by atoms with Gasteiger partial charge in [-0.25, -0.2) is 9.78 Å². The molecule has 38 heavy (non-hydrogen) atoms. The van der Waals surface area contributed by atoms with E-state index >= 15 is 0 Å². The van der Waals surface area contributed by atoms with E-state index in [2.05, 4.69) is 20.3 Å². The highest BCUT2D eigenvalue weighted by atomic mass is 16.7. The number of fused-ring (bicyclic) bond motifs is 1.